The fraction of sp³-hybridized carbons (Fsp3) is 0.304. The zero-order valence-corrected chi connectivity index (χ0v) is 20.1. The zero-order valence-electron chi connectivity index (χ0n) is 18.5. The molecule has 35 heavy (non-hydrogen) atoms. The van der Waals surface area contributed by atoms with Crippen LogP contribution in [0.25, 0.3) is 11.3 Å². The Morgan fingerprint density at radius 3 is 2.43 bits per heavy atom. The number of urea groups is 1. The van der Waals surface area contributed by atoms with Crippen molar-refractivity contribution < 1.29 is 27.8 Å². The van der Waals surface area contributed by atoms with Gasteiger partial charge in [0.1, 0.15) is 5.75 Å². The fourth-order valence-electron chi connectivity index (χ4n) is 3.35. The van der Waals surface area contributed by atoms with Crippen molar-refractivity contribution in [2.45, 2.75) is 25.9 Å². The average molecular weight is 529 g/mol. The van der Waals surface area contributed by atoms with Gasteiger partial charge in [0.2, 0.25) is 0 Å². The molecule has 1 aromatic heterocycles. The summed E-state index contributed by atoms with van der Waals surface area (Å²) < 4.78 is 43.4. The van der Waals surface area contributed by atoms with Gasteiger partial charge in [0.15, 0.2) is 4.80 Å². The summed E-state index contributed by atoms with van der Waals surface area (Å²) in [7, 11) is 0. The summed E-state index contributed by atoms with van der Waals surface area (Å²) in [6, 6.07) is 12.3. The van der Waals surface area contributed by atoms with E-state index in [4.69, 9.17) is 27.4 Å². The summed E-state index contributed by atoms with van der Waals surface area (Å²) >= 11 is 7.34. The molecule has 2 aromatic carbocycles. The van der Waals surface area contributed by atoms with Gasteiger partial charge in [-0.1, -0.05) is 23.7 Å². The molecule has 0 bridgehead atoms. The predicted octanol–water partition coefficient (Wildman–Crippen LogP) is 4.63. The van der Waals surface area contributed by atoms with Crippen molar-refractivity contribution in [2.75, 3.05) is 19.7 Å². The van der Waals surface area contributed by atoms with Gasteiger partial charge in [-0.2, -0.15) is 0 Å². The number of aliphatic hydroxyl groups is 1. The first kappa shape index (κ1) is 26.6. The molecule has 0 atom stereocenters. The Morgan fingerprint density at radius 1 is 1.14 bits per heavy atom. The highest BCUT2D eigenvalue weighted by molar-refractivity contribution is 7.07. The highest BCUT2D eigenvalue weighted by Gasteiger charge is 2.31. The van der Waals surface area contributed by atoms with Crippen LogP contribution in [0.1, 0.15) is 12.0 Å². The number of ether oxygens (including phenoxy) is 1. The Balaban J connectivity index is 1.87. The van der Waals surface area contributed by atoms with Crippen LogP contribution in [0, 0.1) is 0 Å². The third-order valence-corrected chi connectivity index (χ3v) is 6.14. The van der Waals surface area contributed by atoms with Crippen LogP contribution in [0.4, 0.5) is 18.0 Å². The van der Waals surface area contributed by atoms with Crippen molar-refractivity contribution in [3.05, 3.63) is 69.3 Å². The standard InChI is InChI=1S/C23H24ClF3N4O3S/c24-18-6-2-16(3-7-18)14-29-22-31(11-1-10-30(12-13-32)21(28)33)20(15-35-22)17-4-8-19(9-5-17)34-23(25,26)27/h2-9,15,32H,1,10-14H2,(H2,28,33). The second-order valence-electron chi connectivity index (χ2n) is 7.47. The van der Waals surface area contributed by atoms with Gasteiger partial charge in [0, 0.05) is 30.0 Å². The predicted molar refractivity (Wildman–Crippen MR) is 128 cm³/mol. The number of amides is 2. The number of thiazole rings is 1. The highest BCUT2D eigenvalue weighted by atomic mass is 35.5. The minimum atomic E-state index is -4.77. The minimum Gasteiger partial charge on any atom is -0.406 e. The number of primary amides is 1. The number of benzene rings is 2. The number of carbonyl (C=O) groups is 1. The van der Waals surface area contributed by atoms with Gasteiger partial charge in [-0.15, -0.1) is 24.5 Å². The largest absolute Gasteiger partial charge is 0.573 e. The smallest absolute Gasteiger partial charge is 0.406 e. The molecular formula is C23H24ClF3N4O3S. The summed E-state index contributed by atoms with van der Waals surface area (Å²) in [5, 5.41) is 11.6. The van der Waals surface area contributed by atoms with Crippen LogP contribution in [0.5, 0.6) is 5.75 Å². The molecule has 12 heteroatoms. The Kier molecular flexibility index (Phi) is 9.19. The second kappa shape index (κ2) is 12.1. The molecule has 0 unspecified atom stereocenters. The monoisotopic (exact) mass is 528 g/mol. The van der Waals surface area contributed by atoms with E-state index in [2.05, 4.69) is 4.74 Å². The zero-order chi connectivity index (χ0) is 25.4. The number of aromatic nitrogens is 1. The molecule has 0 spiro atoms. The molecule has 0 aliphatic carbocycles. The van der Waals surface area contributed by atoms with Crippen LogP contribution in [0.3, 0.4) is 0 Å². The number of rotatable bonds is 10. The SMILES string of the molecule is NC(=O)N(CCO)CCCn1c(-c2ccc(OC(F)(F)F)cc2)csc1=NCc1ccc(Cl)cc1. The molecule has 188 valence electrons. The number of nitrogens with zero attached hydrogens (tertiary/aromatic N) is 3. The maximum atomic E-state index is 12.5. The molecule has 0 aliphatic rings. The molecule has 3 aromatic rings. The highest BCUT2D eigenvalue weighted by Crippen LogP contribution is 2.27. The van der Waals surface area contributed by atoms with Crippen molar-refractivity contribution in [3.63, 3.8) is 0 Å². The second-order valence-corrected chi connectivity index (χ2v) is 8.75. The van der Waals surface area contributed by atoms with Crippen molar-refractivity contribution >= 4 is 29.0 Å². The molecule has 0 fully saturated rings. The molecule has 2 amide bonds. The molecule has 1 heterocycles. The first-order chi connectivity index (χ1) is 16.7. The third-order valence-electron chi connectivity index (χ3n) is 4.98. The van der Waals surface area contributed by atoms with E-state index in [0.717, 1.165) is 11.3 Å². The number of aliphatic hydroxyl groups excluding tert-OH is 1. The van der Waals surface area contributed by atoms with Crippen molar-refractivity contribution in [1.29, 1.82) is 0 Å². The van der Waals surface area contributed by atoms with Crippen LogP contribution in [-0.2, 0) is 13.1 Å². The Bertz CT molecular complexity index is 1180. The molecular weight excluding hydrogens is 505 g/mol. The van der Waals surface area contributed by atoms with Gasteiger partial charge in [-0.05, 0) is 53.9 Å². The van der Waals surface area contributed by atoms with E-state index in [1.165, 1.54) is 28.4 Å². The first-order valence-corrected chi connectivity index (χ1v) is 11.9. The topological polar surface area (TPSA) is 93.1 Å². The lowest BCUT2D eigenvalue weighted by Gasteiger charge is -2.19. The number of nitrogens with two attached hydrogens (primary N) is 1. The number of hydrogen-bond donors (Lipinski definition) is 2. The van der Waals surface area contributed by atoms with E-state index in [9.17, 15) is 18.0 Å². The van der Waals surface area contributed by atoms with Gasteiger partial charge < -0.3 is 25.0 Å². The Labute approximate surface area is 208 Å². The quantitative estimate of drug-likeness (QED) is 0.402. The number of hydrogen-bond acceptors (Lipinski definition) is 5. The van der Waals surface area contributed by atoms with Crippen LogP contribution in [0.2, 0.25) is 5.02 Å². The van der Waals surface area contributed by atoms with E-state index in [0.29, 0.717) is 41.4 Å². The maximum Gasteiger partial charge on any atom is 0.573 e. The van der Waals surface area contributed by atoms with Gasteiger partial charge in [-0.3, -0.25) is 4.99 Å². The molecule has 0 saturated carbocycles. The van der Waals surface area contributed by atoms with Crippen LogP contribution in [0.15, 0.2) is 58.9 Å². The molecule has 3 N–H and O–H groups in total. The Morgan fingerprint density at radius 2 is 1.83 bits per heavy atom. The van der Waals surface area contributed by atoms with Gasteiger partial charge >= 0.3 is 12.4 Å². The first-order valence-electron chi connectivity index (χ1n) is 10.6. The number of halogens is 4. The minimum absolute atomic E-state index is 0.130. The fourth-order valence-corrected chi connectivity index (χ4v) is 4.41. The summed E-state index contributed by atoms with van der Waals surface area (Å²) in [5.74, 6) is -0.309. The third kappa shape index (κ3) is 8.01. The van der Waals surface area contributed by atoms with E-state index in [-0.39, 0.29) is 18.9 Å². The van der Waals surface area contributed by atoms with Gasteiger partial charge in [0.25, 0.3) is 0 Å². The van der Waals surface area contributed by atoms with Gasteiger partial charge in [-0.25, -0.2) is 4.79 Å². The van der Waals surface area contributed by atoms with Crippen LogP contribution in [-0.4, -0.2) is 46.7 Å². The lowest BCUT2D eigenvalue weighted by molar-refractivity contribution is -0.274. The summed E-state index contributed by atoms with van der Waals surface area (Å²) in [6.45, 7) is 1.13. The Hall–Kier alpha value is -3.02. The van der Waals surface area contributed by atoms with E-state index >= 15 is 0 Å². The van der Waals surface area contributed by atoms with Crippen LogP contribution >= 0.6 is 22.9 Å². The summed E-state index contributed by atoms with van der Waals surface area (Å²) in [4.78, 5) is 18.3. The van der Waals surface area contributed by atoms with E-state index < -0.39 is 12.4 Å². The van der Waals surface area contributed by atoms with Crippen molar-refractivity contribution in [1.82, 2.24) is 9.47 Å². The molecule has 3 rings (SSSR count). The van der Waals surface area contributed by atoms with Crippen LogP contribution < -0.4 is 15.3 Å². The maximum absolute atomic E-state index is 12.5. The number of carbonyl (C=O) groups excluding carboxylic acids is 1. The summed E-state index contributed by atoms with van der Waals surface area (Å²) in [5.41, 5.74) is 7.78. The average Bonchev–Trinajstić information content (AvgIpc) is 3.20. The van der Waals surface area contributed by atoms with Gasteiger partial charge in [0.05, 0.1) is 18.8 Å². The molecule has 0 radical (unpaired) electrons. The normalized spacial score (nSPS) is 12.1. The van der Waals surface area contributed by atoms with E-state index in [1.54, 1.807) is 24.3 Å². The lowest BCUT2D eigenvalue weighted by atomic mass is 10.1. The number of alkyl halides is 3. The lowest BCUT2D eigenvalue weighted by Crippen LogP contribution is -2.39. The molecule has 0 saturated heterocycles. The molecule has 7 nitrogen and oxygen atoms in total. The van der Waals surface area contributed by atoms with E-state index in [1.807, 2.05) is 22.1 Å². The van der Waals surface area contributed by atoms with Crippen molar-refractivity contribution in [3.8, 4) is 17.0 Å². The summed E-state index contributed by atoms with van der Waals surface area (Å²) in [6.07, 6.45) is -4.24. The van der Waals surface area contributed by atoms with Crippen molar-refractivity contribution in [2.24, 2.45) is 10.7 Å². The molecule has 0 aliphatic heterocycles.